The lowest BCUT2D eigenvalue weighted by Gasteiger charge is -2.18. The summed E-state index contributed by atoms with van der Waals surface area (Å²) in [5, 5.41) is 13.3. The second kappa shape index (κ2) is 6.18. The quantitative estimate of drug-likeness (QED) is 0.767. The molecular formula is C16H21NO4. The summed E-state index contributed by atoms with van der Waals surface area (Å²) in [4.78, 5) is 11.0. The van der Waals surface area contributed by atoms with E-state index in [1.54, 1.807) is 21.0 Å². The molecule has 2 aromatic rings. The number of aliphatic carboxylic acids is 1. The SMILES string of the molecule is COc1ccc2oc(CNCCC(C)(C)C(=O)O)cc2c1. The molecule has 1 heterocycles. The van der Waals surface area contributed by atoms with Gasteiger partial charge >= 0.3 is 5.97 Å². The fourth-order valence-corrected chi connectivity index (χ4v) is 2.01. The summed E-state index contributed by atoms with van der Waals surface area (Å²) >= 11 is 0. The van der Waals surface area contributed by atoms with Crippen LogP contribution in [0.25, 0.3) is 11.0 Å². The highest BCUT2D eigenvalue weighted by molar-refractivity contribution is 5.79. The molecule has 0 fully saturated rings. The van der Waals surface area contributed by atoms with Gasteiger partial charge in [0.1, 0.15) is 17.1 Å². The number of rotatable bonds is 7. The normalized spacial score (nSPS) is 11.8. The standard InChI is InChI=1S/C16H21NO4/c1-16(2,15(18)19)6-7-17-10-13-9-11-8-12(20-3)4-5-14(11)21-13/h4-5,8-9,17H,6-7,10H2,1-3H3,(H,18,19). The molecule has 0 atom stereocenters. The Hall–Kier alpha value is -2.01. The third-order valence-corrected chi connectivity index (χ3v) is 3.58. The fourth-order valence-electron chi connectivity index (χ4n) is 2.01. The summed E-state index contributed by atoms with van der Waals surface area (Å²) in [6, 6.07) is 7.63. The van der Waals surface area contributed by atoms with E-state index in [0.717, 1.165) is 22.5 Å². The number of furan rings is 1. The number of ether oxygens (including phenoxy) is 1. The summed E-state index contributed by atoms with van der Waals surface area (Å²) in [5.41, 5.74) is 0.104. The summed E-state index contributed by atoms with van der Waals surface area (Å²) in [7, 11) is 1.63. The van der Waals surface area contributed by atoms with Gasteiger partial charge in [0, 0.05) is 5.39 Å². The molecule has 0 aliphatic heterocycles. The van der Waals surface area contributed by atoms with Crippen molar-refractivity contribution >= 4 is 16.9 Å². The highest BCUT2D eigenvalue weighted by Gasteiger charge is 2.26. The minimum atomic E-state index is -0.778. The van der Waals surface area contributed by atoms with Gasteiger partial charge in [-0.05, 0) is 51.1 Å². The van der Waals surface area contributed by atoms with Crippen LogP contribution in [0.2, 0.25) is 0 Å². The van der Waals surface area contributed by atoms with E-state index < -0.39 is 11.4 Å². The summed E-state index contributed by atoms with van der Waals surface area (Å²) in [6.45, 7) is 4.65. The molecule has 2 rings (SSSR count). The van der Waals surface area contributed by atoms with E-state index in [0.29, 0.717) is 19.5 Å². The molecule has 0 saturated carbocycles. The Kier molecular flexibility index (Phi) is 4.53. The highest BCUT2D eigenvalue weighted by atomic mass is 16.5. The van der Waals surface area contributed by atoms with E-state index in [1.807, 2.05) is 24.3 Å². The predicted molar refractivity (Wildman–Crippen MR) is 80.5 cm³/mol. The van der Waals surface area contributed by atoms with Crippen LogP contribution in [0.5, 0.6) is 5.75 Å². The molecular weight excluding hydrogens is 270 g/mol. The van der Waals surface area contributed by atoms with Crippen LogP contribution in [-0.2, 0) is 11.3 Å². The molecule has 21 heavy (non-hydrogen) atoms. The molecule has 2 N–H and O–H groups in total. The molecule has 0 spiro atoms. The van der Waals surface area contributed by atoms with Crippen molar-refractivity contribution in [3.8, 4) is 5.75 Å². The zero-order chi connectivity index (χ0) is 15.5. The summed E-state index contributed by atoms with van der Waals surface area (Å²) < 4.78 is 10.9. The Labute approximate surface area is 123 Å². The number of methoxy groups -OCH3 is 1. The Morgan fingerprint density at radius 2 is 2.14 bits per heavy atom. The third-order valence-electron chi connectivity index (χ3n) is 3.58. The van der Waals surface area contributed by atoms with Gasteiger partial charge in [0.15, 0.2) is 0 Å². The van der Waals surface area contributed by atoms with E-state index >= 15 is 0 Å². The summed E-state index contributed by atoms with van der Waals surface area (Å²) in [5.74, 6) is 0.845. The number of benzene rings is 1. The van der Waals surface area contributed by atoms with Crippen molar-refractivity contribution in [2.75, 3.05) is 13.7 Å². The average molecular weight is 291 g/mol. The maximum absolute atomic E-state index is 11.0. The smallest absolute Gasteiger partial charge is 0.309 e. The molecule has 0 aliphatic rings. The Bertz CT molecular complexity index is 630. The number of fused-ring (bicyclic) bond motifs is 1. The summed E-state index contributed by atoms with van der Waals surface area (Å²) in [6.07, 6.45) is 0.566. The van der Waals surface area contributed by atoms with Gasteiger partial charge in [0.05, 0.1) is 19.1 Å². The van der Waals surface area contributed by atoms with Gasteiger partial charge in [-0.3, -0.25) is 4.79 Å². The number of carboxylic acids is 1. The lowest BCUT2D eigenvalue weighted by atomic mass is 9.90. The molecule has 1 aromatic heterocycles. The van der Waals surface area contributed by atoms with Crippen LogP contribution in [0.1, 0.15) is 26.0 Å². The van der Waals surface area contributed by atoms with Gasteiger partial charge in [-0.15, -0.1) is 0 Å². The third kappa shape index (κ3) is 3.76. The maximum atomic E-state index is 11.0. The molecule has 114 valence electrons. The van der Waals surface area contributed by atoms with Crippen LogP contribution in [0.3, 0.4) is 0 Å². The van der Waals surface area contributed by atoms with Crippen LogP contribution in [0.15, 0.2) is 28.7 Å². The zero-order valence-corrected chi connectivity index (χ0v) is 12.6. The van der Waals surface area contributed by atoms with Crippen molar-refractivity contribution in [3.63, 3.8) is 0 Å². The van der Waals surface area contributed by atoms with E-state index in [2.05, 4.69) is 5.32 Å². The zero-order valence-electron chi connectivity index (χ0n) is 12.6. The molecule has 5 heteroatoms. The number of carboxylic acid groups (broad SMARTS) is 1. The monoisotopic (exact) mass is 291 g/mol. The number of hydrogen-bond acceptors (Lipinski definition) is 4. The molecule has 0 bridgehead atoms. The first-order chi connectivity index (χ1) is 9.92. The van der Waals surface area contributed by atoms with Crippen molar-refractivity contribution in [1.29, 1.82) is 0 Å². The predicted octanol–water partition coefficient (Wildman–Crippen LogP) is 3.03. The minimum absolute atomic E-state index is 0.566. The molecule has 0 unspecified atom stereocenters. The van der Waals surface area contributed by atoms with E-state index in [4.69, 9.17) is 14.3 Å². The Morgan fingerprint density at radius 1 is 1.38 bits per heavy atom. The maximum Gasteiger partial charge on any atom is 0.309 e. The topological polar surface area (TPSA) is 71.7 Å². The van der Waals surface area contributed by atoms with Gasteiger partial charge < -0.3 is 19.6 Å². The first kappa shape index (κ1) is 15.4. The fraction of sp³-hybridized carbons (Fsp3) is 0.438. The van der Waals surface area contributed by atoms with E-state index in [9.17, 15) is 4.79 Å². The Morgan fingerprint density at radius 3 is 2.81 bits per heavy atom. The Balaban J connectivity index is 1.90. The van der Waals surface area contributed by atoms with E-state index in [-0.39, 0.29) is 0 Å². The van der Waals surface area contributed by atoms with E-state index in [1.165, 1.54) is 0 Å². The van der Waals surface area contributed by atoms with Crippen molar-refractivity contribution in [2.24, 2.45) is 5.41 Å². The van der Waals surface area contributed by atoms with Crippen LogP contribution in [-0.4, -0.2) is 24.7 Å². The first-order valence-electron chi connectivity index (χ1n) is 6.93. The van der Waals surface area contributed by atoms with Crippen LogP contribution < -0.4 is 10.1 Å². The first-order valence-corrected chi connectivity index (χ1v) is 6.93. The van der Waals surface area contributed by atoms with Crippen LogP contribution >= 0.6 is 0 Å². The number of nitrogens with one attached hydrogen (secondary N) is 1. The minimum Gasteiger partial charge on any atom is -0.497 e. The van der Waals surface area contributed by atoms with Crippen molar-refractivity contribution in [2.45, 2.75) is 26.8 Å². The lowest BCUT2D eigenvalue weighted by Crippen LogP contribution is -2.28. The van der Waals surface area contributed by atoms with Gasteiger partial charge in [-0.25, -0.2) is 0 Å². The van der Waals surface area contributed by atoms with Gasteiger partial charge in [-0.2, -0.15) is 0 Å². The second-order valence-corrected chi connectivity index (χ2v) is 5.73. The lowest BCUT2D eigenvalue weighted by molar-refractivity contribution is -0.147. The van der Waals surface area contributed by atoms with Gasteiger partial charge in [0.2, 0.25) is 0 Å². The number of carbonyl (C=O) groups is 1. The van der Waals surface area contributed by atoms with Crippen molar-refractivity contribution in [3.05, 3.63) is 30.0 Å². The number of hydrogen-bond donors (Lipinski definition) is 2. The van der Waals surface area contributed by atoms with Gasteiger partial charge in [-0.1, -0.05) is 0 Å². The van der Waals surface area contributed by atoms with Crippen LogP contribution in [0.4, 0.5) is 0 Å². The van der Waals surface area contributed by atoms with Crippen LogP contribution in [0, 0.1) is 5.41 Å². The van der Waals surface area contributed by atoms with Gasteiger partial charge in [0.25, 0.3) is 0 Å². The second-order valence-electron chi connectivity index (χ2n) is 5.73. The highest BCUT2D eigenvalue weighted by Crippen LogP contribution is 2.24. The van der Waals surface area contributed by atoms with Crippen molar-refractivity contribution in [1.82, 2.24) is 5.32 Å². The van der Waals surface area contributed by atoms with Crippen molar-refractivity contribution < 1.29 is 19.1 Å². The molecule has 0 radical (unpaired) electrons. The molecule has 0 aliphatic carbocycles. The molecule has 5 nitrogen and oxygen atoms in total. The molecule has 0 amide bonds. The average Bonchev–Trinajstić information content (AvgIpc) is 2.85. The molecule has 0 saturated heterocycles. The molecule has 1 aromatic carbocycles. The largest absolute Gasteiger partial charge is 0.497 e.